The lowest BCUT2D eigenvalue weighted by molar-refractivity contribution is -0.145. The fourth-order valence-corrected chi connectivity index (χ4v) is 0.258. The molecule has 8 heavy (non-hydrogen) atoms. The monoisotopic (exact) mass is 138 g/mol. The highest BCUT2D eigenvalue weighted by molar-refractivity contribution is 6.17. The van der Waals surface area contributed by atoms with Gasteiger partial charge in [0.05, 0.1) is 7.11 Å². The number of carbonyl (C=O) groups excluding carboxylic acids is 1. The minimum atomic E-state index is -0.411. The van der Waals surface area contributed by atoms with Crippen LogP contribution in [0.3, 0.4) is 0 Å². The van der Waals surface area contributed by atoms with E-state index in [4.69, 9.17) is 11.6 Å². The Morgan fingerprint density at radius 1 is 1.75 bits per heavy atom. The molecule has 4 heteroatoms. The molecule has 0 aliphatic carbocycles. The SMILES string of the molecule is COC(=O)COCCl. The average molecular weight is 139 g/mol. The van der Waals surface area contributed by atoms with Crippen molar-refractivity contribution < 1.29 is 14.3 Å². The number of alkyl halides is 1. The number of carbonyl (C=O) groups is 1. The summed E-state index contributed by atoms with van der Waals surface area (Å²) in [5, 5.41) is 0. The molecule has 3 nitrogen and oxygen atoms in total. The zero-order valence-corrected chi connectivity index (χ0v) is 5.27. The van der Waals surface area contributed by atoms with Gasteiger partial charge in [0.2, 0.25) is 0 Å². The summed E-state index contributed by atoms with van der Waals surface area (Å²) in [6, 6.07) is 0.0229. The third-order valence-corrected chi connectivity index (χ3v) is 0.679. The smallest absolute Gasteiger partial charge is 0.331 e. The van der Waals surface area contributed by atoms with Crippen LogP contribution in [0.4, 0.5) is 0 Å². The number of methoxy groups -OCH3 is 1. The van der Waals surface area contributed by atoms with E-state index in [0.717, 1.165) is 0 Å². The van der Waals surface area contributed by atoms with Crippen molar-refractivity contribution in [1.82, 2.24) is 0 Å². The van der Waals surface area contributed by atoms with Gasteiger partial charge in [-0.25, -0.2) is 4.79 Å². The number of esters is 1. The zero-order valence-electron chi connectivity index (χ0n) is 4.52. The Balaban J connectivity index is 2.99. The molecule has 0 aliphatic rings. The van der Waals surface area contributed by atoms with Crippen molar-refractivity contribution in [1.29, 1.82) is 0 Å². The van der Waals surface area contributed by atoms with Gasteiger partial charge in [-0.1, -0.05) is 11.6 Å². The van der Waals surface area contributed by atoms with Crippen LogP contribution in [-0.4, -0.2) is 25.8 Å². The van der Waals surface area contributed by atoms with Crippen molar-refractivity contribution in [3.63, 3.8) is 0 Å². The van der Waals surface area contributed by atoms with E-state index in [1.54, 1.807) is 0 Å². The minimum Gasteiger partial charge on any atom is -0.467 e. The lowest BCUT2D eigenvalue weighted by Crippen LogP contribution is -2.08. The standard InChI is InChI=1S/C4H7ClO3/c1-7-4(6)2-8-3-5/h2-3H2,1H3. The summed E-state index contributed by atoms with van der Waals surface area (Å²) in [6.07, 6.45) is 0. The summed E-state index contributed by atoms with van der Waals surface area (Å²) >= 11 is 5.07. The summed E-state index contributed by atoms with van der Waals surface area (Å²) in [6.45, 7) is -0.0694. The van der Waals surface area contributed by atoms with Crippen LogP contribution in [0.1, 0.15) is 0 Å². The molecule has 0 saturated carbocycles. The van der Waals surface area contributed by atoms with Crippen molar-refractivity contribution in [2.24, 2.45) is 0 Å². The summed E-state index contributed by atoms with van der Waals surface area (Å²) in [7, 11) is 1.29. The Bertz CT molecular complexity index is 73.7. The Morgan fingerprint density at radius 3 is 2.75 bits per heavy atom. The molecule has 0 fully saturated rings. The van der Waals surface area contributed by atoms with Crippen LogP contribution < -0.4 is 0 Å². The van der Waals surface area contributed by atoms with Crippen molar-refractivity contribution >= 4 is 17.6 Å². The fraction of sp³-hybridized carbons (Fsp3) is 0.750. The van der Waals surface area contributed by atoms with E-state index in [1.165, 1.54) is 7.11 Å². The van der Waals surface area contributed by atoms with Crippen LogP contribution in [0.5, 0.6) is 0 Å². The molecular weight excluding hydrogens is 131 g/mol. The van der Waals surface area contributed by atoms with Gasteiger partial charge in [0, 0.05) is 0 Å². The van der Waals surface area contributed by atoms with Crippen LogP contribution in [0.25, 0.3) is 0 Å². The predicted molar refractivity (Wildman–Crippen MR) is 28.7 cm³/mol. The predicted octanol–water partition coefficient (Wildman–Crippen LogP) is 0.372. The zero-order chi connectivity index (χ0) is 6.41. The molecular formula is C4H7ClO3. The second-order valence-electron chi connectivity index (χ2n) is 1.03. The third kappa shape index (κ3) is 3.89. The van der Waals surface area contributed by atoms with Crippen LogP contribution in [0.15, 0.2) is 0 Å². The molecule has 0 amide bonds. The normalized spacial score (nSPS) is 8.75. The number of hydrogen-bond acceptors (Lipinski definition) is 3. The Hall–Kier alpha value is -0.280. The number of ether oxygens (including phenoxy) is 2. The van der Waals surface area contributed by atoms with E-state index in [9.17, 15) is 4.79 Å². The van der Waals surface area contributed by atoms with Gasteiger partial charge in [0.15, 0.2) is 0 Å². The topological polar surface area (TPSA) is 35.5 Å². The van der Waals surface area contributed by atoms with Crippen LogP contribution in [0.2, 0.25) is 0 Å². The molecule has 0 unspecified atom stereocenters. The largest absolute Gasteiger partial charge is 0.467 e. The van der Waals surface area contributed by atoms with Gasteiger partial charge in [-0.05, 0) is 0 Å². The highest BCUT2D eigenvalue weighted by atomic mass is 35.5. The number of rotatable bonds is 3. The molecule has 0 heterocycles. The van der Waals surface area contributed by atoms with Gasteiger partial charge in [0.1, 0.15) is 12.7 Å². The average Bonchev–Trinajstić information content (AvgIpc) is 1.83. The molecule has 0 aliphatic heterocycles. The number of hydrogen-bond donors (Lipinski definition) is 0. The summed E-state index contributed by atoms with van der Waals surface area (Å²) in [5.74, 6) is -0.411. The molecule has 0 spiro atoms. The number of halogens is 1. The fourth-order valence-electron chi connectivity index (χ4n) is 0.181. The van der Waals surface area contributed by atoms with E-state index in [2.05, 4.69) is 9.47 Å². The molecule has 0 saturated heterocycles. The van der Waals surface area contributed by atoms with Crippen molar-refractivity contribution in [2.45, 2.75) is 0 Å². The van der Waals surface area contributed by atoms with Gasteiger partial charge in [-0.3, -0.25) is 0 Å². The van der Waals surface area contributed by atoms with Crippen molar-refractivity contribution in [3.8, 4) is 0 Å². The maximum atomic E-state index is 10.2. The molecule has 0 rings (SSSR count). The first kappa shape index (κ1) is 7.72. The molecule has 0 aromatic heterocycles. The van der Waals surface area contributed by atoms with Gasteiger partial charge >= 0.3 is 5.97 Å². The van der Waals surface area contributed by atoms with Crippen LogP contribution >= 0.6 is 11.6 Å². The van der Waals surface area contributed by atoms with E-state index in [0.29, 0.717) is 0 Å². The highest BCUT2D eigenvalue weighted by Crippen LogP contribution is 1.80. The lowest BCUT2D eigenvalue weighted by Gasteiger charge is -1.95. The molecule has 0 aromatic carbocycles. The molecule has 0 N–H and O–H groups in total. The first-order chi connectivity index (χ1) is 3.81. The van der Waals surface area contributed by atoms with E-state index >= 15 is 0 Å². The Kier molecular flexibility index (Phi) is 4.70. The molecule has 0 atom stereocenters. The summed E-state index contributed by atoms with van der Waals surface area (Å²) < 4.78 is 8.71. The second kappa shape index (κ2) is 4.87. The van der Waals surface area contributed by atoms with Gasteiger partial charge in [-0.15, -0.1) is 0 Å². The van der Waals surface area contributed by atoms with Gasteiger partial charge < -0.3 is 9.47 Å². The maximum absolute atomic E-state index is 10.2. The lowest BCUT2D eigenvalue weighted by atomic mass is 10.7. The molecule has 0 aromatic rings. The van der Waals surface area contributed by atoms with Crippen molar-refractivity contribution in [2.75, 3.05) is 19.8 Å². The summed E-state index contributed by atoms with van der Waals surface area (Å²) in [5.41, 5.74) is 0. The van der Waals surface area contributed by atoms with E-state index < -0.39 is 5.97 Å². The van der Waals surface area contributed by atoms with Crippen LogP contribution in [-0.2, 0) is 14.3 Å². The second-order valence-corrected chi connectivity index (χ2v) is 1.25. The minimum absolute atomic E-state index is 0.0229. The van der Waals surface area contributed by atoms with Gasteiger partial charge in [-0.2, -0.15) is 0 Å². The first-order valence-corrected chi connectivity index (χ1v) is 2.55. The van der Waals surface area contributed by atoms with Gasteiger partial charge in [0.25, 0.3) is 0 Å². The quantitative estimate of drug-likeness (QED) is 0.418. The first-order valence-electron chi connectivity index (χ1n) is 2.01. The molecule has 0 bridgehead atoms. The highest BCUT2D eigenvalue weighted by Gasteiger charge is 1.95. The molecule has 0 radical (unpaired) electrons. The van der Waals surface area contributed by atoms with Crippen molar-refractivity contribution in [3.05, 3.63) is 0 Å². The summed E-state index contributed by atoms with van der Waals surface area (Å²) in [4.78, 5) is 10.2. The molecule has 48 valence electrons. The van der Waals surface area contributed by atoms with Crippen LogP contribution in [0, 0.1) is 0 Å². The Morgan fingerprint density at radius 2 is 2.38 bits per heavy atom. The third-order valence-electron chi connectivity index (χ3n) is 0.525. The van der Waals surface area contributed by atoms with E-state index in [1.807, 2.05) is 0 Å². The maximum Gasteiger partial charge on any atom is 0.331 e. The van der Waals surface area contributed by atoms with E-state index in [-0.39, 0.29) is 12.7 Å². The Labute approximate surface area is 52.5 Å².